The number of amides is 1. The normalized spacial score (nSPS) is 13.2. The lowest BCUT2D eigenvalue weighted by molar-refractivity contribution is -0.117. The first-order valence-corrected chi connectivity index (χ1v) is 8.77. The predicted molar refractivity (Wildman–Crippen MR) is 107 cm³/mol. The molecule has 0 aromatic heterocycles. The largest absolute Gasteiger partial charge is 0.495 e. The molecule has 0 radical (unpaired) electrons. The van der Waals surface area contributed by atoms with E-state index in [1.165, 1.54) is 16.3 Å². The van der Waals surface area contributed by atoms with Gasteiger partial charge in [-0.3, -0.25) is 10.1 Å². The van der Waals surface area contributed by atoms with Crippen LogP contribution >= 0.6 is 0 Å². The predicted octanol–water partition coefficient (Wildman–Crippen LogP) is 4.53. The van der Waals surface area contributed by atoms with Gasteiger partial charge in [-0.1, -0.05) is 54.6 Å². The molecule has 0 bridgehead atoms. The Hall–Kier alpha value is -2.85. The topological polar surface area (TPSA) is 50.4 Å². The summed E-state index contributed by atoms with van der Waals surface area (Å²) in [5.41, 5.74) is 1.85. The van der Waals surface area contributed by atoms with E-state index in [4.69, 9.17) is 4.74 Å². The first kappa shape index (κ1) is 18.0. The van der Waals surface area contributed by atoms with Crippen molar-refractivity contribution in [1.29, 1.82) is 0 Å². The quantitative estimate of drug-likeness (QED) is 0.688. The zero-order valence-electron chi connectivity index (χ0n) is 15.3. The molecule has 0 aliphatic heterocycles. The summed E-state index contributed by atoms with van der Waals surface area (Å²) in [7, 11) is 1.59. The minimum Gasteiger partial charge on any atom is -0.495 e. The van der Waals surface area contributed by atoms with Crippen molar-refractivity contribution in [3.63, 3.8) is 0 Å². The van der Waals surface area contributed by atoms with E-state index in [0.29, 0.717) is 11.4 Å². The fraction of sp³-hybridized carbons (Fsp3) is 0.227. The highest BCUT2D eigenvalue weighted by Crippen LogP contribution is 2.25. The van der Waals surface area contributed by atoms with Gasteiger partial charge >= 0.3 is 0 Å². The number of carbonyl (C=O) groups is 1. The third kappa shape index (κ3) is 3.86. The summed E-state index contributed by atoms with van der Waals surface area (Å²) in [6.07, 6.45) is 0. The molecule has 2 unspecified atom stereocenters. The molecule has 2 N–H and O–H groups in total. The van der Waals surface area contributed by atoms with Crippen LogP contribution in [-0.2, 0) is 4.79 Å². The van der Waals surface area contributed by atoms with Gasteiger partial charge in [0.25, 0.3) is 0 Å². The zero-order chi connectivity index (χ0) is 18.5. The zero-order valence-corrected chi connectivity index (χ0v) is 15.3. The van der Waals surface area contributed by atoms with Crippen LogP contribution in [0.25, 0.3) is 10.8 Å². The van der Waals surface area contributed by atoms with Crippen LogP contribution in [0.4, 0.5) is 5.69 Å². The summed E-state index contributed by atoms with van der Waals surface area (Å²) in [5.74, 6) is 0.553. The number of fused-ring (bicyclic) bond motifs is 1. The van der Waals surface area contributed by atoms with Crippen molar-refractivity contribution < 1.29 is 9.53 Å². The summed E-state index contributed by atoms with van der Waals surface area (Å²) >= 11 is 0. The van der Waals surface area contributed by atoms with E-state index in [2.05, 4.69) is 47.9 Å². The van der Waals surface area contributed by atoms with Crippen LogP contribution in [0, 0.1) is 0 Å². The van der Waals surface area contributed by atoms with E-state index in [1.54, 1.807) is 7.11 Å². The molecule has 0 saturated carbocycles. The van der Waals surface area contributed by atoms with Crippen molar-refractivity contribution in [3.05, 3.63) is 72.3 Å². The Kier molecular flexibility index (Phi) is 5.54. The number of hydrogen-bond donors (Lipinski definition) is 2. The lowest BCUT2D eigenvalue weighted by Gasteiger charge is -2.21. The second-order valence-corrected chi connectivity index (χ2v) is 6.37. The van der Waals surface area contributed by atoms with Crippen molar-refractivity contribution in [2.45, 2.75) is 25.9 Å². The van der Waals surface area contributed by atoms with Crippen LogP contribution in [0.2, 0.25) is 0 Å². The van der Waals surface area contributed by atoms with Crippen molar-refractivity contribution in [1.82, 2.24) is 5.32 Å². The molecule has 3 rings (SSSR count). The van der Waals surface area contributed by atoms with Gasteiger partial charge in [0.1, 0.15) is 5.75 Å². The average molecular weight is 348 g/mol. The SMILES string of the molecule is COc1ccccc1NC(=O)C(C)NC(C)c1cccc2ccccc12. The van der Waals surface area contributed by atoms with Crippen molar-refractivity contribution >= 4 is 22.4 Å². The third-order valence-electron chi connectivity index (χ3n) is 4.55. The average Bonchev–Trinajstić information content (AvgIpc) is 2.67. The molecule has 0 heterocycles. The number of benzene rings is 3. The molecule has 0 spiro atoms. The Balaban J connectivity index is 1.72. The Labute approximate surface area is 154 Å². The maximum atomic E-state index is 12.6. The number of carbonyl (C=O) groups excluding carboxylic acids is 1. The van der Waals surface area contributed by atoms with Gasteiger partial charge in [-0.15, -0.1) is 0 Å². The second kappa shape index (κ2) is 8.02. The van der Waals surface area contributed by atoms with Crippen LogP contribution in [0.15, 0.2) is 66.7 Å². The van der Waals surface area contributed by atoms with Crippen molar-refractivity contribution in [2.24, 2.45) is 0 Å². The molecule has 0 aliphatic carbocycles. The molecule has 4 nitrogen and oxygen atoms in total. The van der Waals surface area contributed by atoms with E-state index in [9.17, 15) is 4.79 Å². The fourth-order valence-electron chi connectivity index (χ4n) is 3.16. The standard InChI is InChI=1S/C22H24N2O2/c1-15(18-12-8-10-17-9-4-5-11-19(17)18)23-16(2)22(25)24-20-13-6-7-14-21(20)26-3/h4-16,23H,1-3H3,(H,24,25). The van der Waals surface area contributed by atoms with E-state index in [-0.39, 0.29) is 18.0 Å². The van der Waals surface area contributed by atoms with E-state index in [1.807, 2.05) is 43.3 Å². The van der Waals surface area contributed by atoms with E-state index in [0.717, 1.165) is 0 Å². The Bertz CT molecular complexity index is 902. The summed E-state index contributed by atoms with van der Waals surface area (Å²) in [4.78, 5) is 12.6. The number of anilines is 1. The number of nitrogens with one attached hydrogen (secondary N) is 2. The molecule has 1 amide bonds. The maximum absolute atomic E-state index is 12.6. The van der Waals surface area contributed by atoms with Gasteiger partial charge < -0.3 is 10.1 Å². The number of methoxy groups -OCH3 is 1. The maximum Gasteiger partial charge on any atom is 0.241 e. The highest BCUT2D eigenvalue weighted by atomic mass is 16.5. The molecule has 0 aliphatic rings. The van der Waals surface area contributed by atoms with Crippen LogP contribution < -0.4 is 15.4 Å². The molecule has 2 atom stereocenters. The number of ether oxygens (including phenoxy) is 1. The van der Waals surface area contributed by atoms with Gasteiger partial charge in [0.05, 0.1) is 18.8 Å². The number of para-hydroxylation sites is 2. The third-order valence-corrected chi connectivity index (χ3v) is 4.55. The monoisotopic (exact) mass is 348 g/mol. The summed E-state index contributed by atoms with van der Waals surface area (Å²) in [5, 5.41) is 8.72. The van der Waals surface area contributed by atoms with Gasteiger partial charge in [-0.05, 0) is 42.3 Å². The first-order valence-electron chi connectivity index (χ1n) is 8.77. The Morgan fingerprint density at radius 1 is 0.923 bits per heavy atom. The Morgan fingerprint density at radius 2 is 1.62 bits per heavy atom. The van der Waals surface area contributed by atoms with Gasteiger partial charge in [-0.25, -0.2) is 0 Å². The van der Waals surface area contributed by atoms with Gasteiger partial charge in [0, 0.05) is 6.04 Å². The van der Waals surface area contributed by atoms with Gasteiger partial charge in [0.2, 0.25) is 5.91 Å². The molecule has 26 heavy (non-hydrogen) atoms. The molecular formula is C22H24N2O2. The Morgan fingerprint density at radius 3 is 2.42 bits per heavy atom. The molecule has 0 fully saturated rings. The van der Waals surface area contributed by atoms with Gasteiger partial charge in [0.15, 0.2) is 0 Å². The van der Waals surface area contributed by atoms with Crippen LogP contribution in [-0.4, -0.2) is 19.1 Å². The molecule has 3 aromatic rings. The van der Waals surface area contributed by atoms with Crippen LogP contribution in [0.3, 0.4) is 0 Å². The molecule has 3 aromatic carbocycles. The first-order chi connectivity index (χ1) is 12.6. The second-order valence-electron chi connectivity index (χ2n) is 6.37. The summed E-state index contributed by atoms with van der Waals surface area (Å²) in [6, 6.07) is 21.6. The van der Waals surface area contributed by atoms with E-state index < -0.39 is 0 Å². The highest BCUT2D eigenvalue weighted by molar-refractivity contribution is 5.96. The van der Waals surface area contributed by atoms with Crippen LogP contribution in [0.5, 0.6) is 5.75 Å². The highest BCUT2D eigenvalue weighted by Gasteiger charge is 2.18. The fourth-order valence-corrected chi connectivity index (χ4v) is 3.16. The minimum atomic E-state index is -0.353. The molecule has 4 heteroatoms. The summed E-state index contributed by atoms with van der Waals surface area (Å²) in [6.45, 7) is 3.95. The summed E-state index contributed by atoms with van der Waals surface area (Å²) < 4.78 is 5.29. The minimum absolute atomic E-state index is 0.0412. The smallest absolute Gasteiger partial charge is 0.241 e. The van der Waals surface area contributed by atoms with E-state index >= 15 is 0 Å². The lowest BCUT2D eigenvalue weighted by Crippen LogP contribution is -2.39. The van der Waals surface area contributed by atoms with Crippen LogP contribution in [0.1, 0.15) is 25.5 Å². The number of hydrogen-bond acceptors (Lipinski definition) is 3. The molecule has 0 saturated heterocycles. The van der Waals surface area contributed by atoms with Crippen molar-refractivity contribution in [3.8, 4) is 5.75 Å². The number of rotatable bonds is 6. The molecular weight excluding hydrogens is 324 g/mol. The lowest BCUT2D eigenvalue weighted by atomic mass is 9.99. The molecule has 134 valence electrons. The van der Waals surface area contributed by atoms with Gasteiger partial charge in [-0.2, -0.15) is 0 Å². The van der Waals surface area contributed by atoms with Crippen molar-refractivity contribution in [2.75, 3.05) is 12.4 Å².